The Morgan fingerprint density at radius 2 is 1.95 bits per heavy atom. The molecule has 0 bridgehead atoms. The largest absolute Gasteiger partial charge is 0.488 e. The fourth-order valence-corrected chi connectivity index (χ4v) is 2.05. The first-order valence-electron chi connectivity index (χ1n) is 5.57. The molecule has 3 nitrogen and oxygen atoms in total. The molecule has 0 fully saturated rings. The molecule has 0 saturated heterocycles. The standard InChI is InChI=1S/C14H9BrF2O3/c15-9-6-8(4-5-10(9)16)7-20-12-3-1-2-11(17)13(12)14(18)19/h1-6H,7H2,(H,18,19). The van der Waals surface area contributed by atoms with Gasteiger partial charge < -0.3 is 9.84 Å². The van der Waals surface area contributed by atoms with Gasteiger partial charge in [-0.1, -0.05) is 12.1 Å². The SMILES string of the molecule is O=C(O)c1c(F)cccc1OCc1ccc(F)c(Br)c1. The van der Waals surface area contributed by atoms with Crippen molar-refractivity contribution in [3.8, 4) is 5.75 Å². The van der Waals surface area contributed by atoms with E-state index in [9.17, 15) is 13.6 Å². The van der Waals surface area contributed by atoms with Gasteiger partial charge in [-0.15, -0.1) is 0 Å². The predicted octanol–water partition coefficient (Wildman–Crippen LogP) is 4.00. The Labute approximate surface area is 121 Å². The molecule has 0 aromatic heterocycles. The first-order chi connectivity index (χ1) is 9.49. The highest BCUT2D eigenvalue weighted by Gasteiger charge is 2.16. The van der Waals surface area contributed by atoms with Crippen molar-refractivity contribution in [2.75, 3.05) is 0 Å². The molecule has 0 aliphatic rings. The second-order valence-corrected chi connectivity index (χ2v) is 4.81. The minimum absolute atomic E-state index is 0.00259. The molecule has 6 heteroatoms. The van der Waals surface area contributed by atoms with E-state index in [-0.39, 0.29) is 16.8 Å². The van der Waals surface area contributed by atoms with Gasteiger partial charge in [0.2, 0.25) is 0 Å². The third-order valence-electron chi connectivity index (χ3n) is 2.57. The fourth-order valence-electron chi connectivity index (χ4n) is 1.62. The van der Waals surface area contributed by atoms with Crippen LogP contribution in [-0.2, 0) is 6.61 Å². The highest BCUT2D eigenvalue weighted by molar-refractivity contribution is 9.10. The van der Waals surface area contributed by atoms with Gasteiger partial charge in [-0.25, -0.2) is 13.6 Å². The fraction of sp³-hybridized carbons (Fsp3) is 0.0714. The van der Waals surface area contributed by atoms with Crippen LogP contribution in [0.1, 0.15) is 15.9 Å². The summed E-state index contributed by atoms with van der Waals surface area (Å²) >= 11 is 3.04. The Morgan fingerprint density at radius 3 is 2.60 bits per heavy atom. The summed E-state index contributed by atoms with van der Waals surface area (Å²) in [5.41, 5.74) is 0.104. The van der Waals surface area contributed by atoms with Gasteiger partial charge in [0, 0.05) is 0 Å². The highest BCUT2D eigenvalue weighted by Crippen LogP contribution is 2.23. The third-order valence-corrected chi connectivity index (χ3v) is 3.18. The number of ether oxygens (including phenoxy) is 1. The predicted molar refractivity (Wildman–Crippen MR) is 71.8 cm³/mol. The summed E-state index contributed by atoms with van der Waals surface area (Å²) in [5.74, 6) is -2.75. The van der Waals surface area contributed by atoms with Crippen molar-refractivity contribution < 1.29 is 23.4 Å². The monoisotopic (exact) mass is 342 g/mol. The molecule has 104 valence electrons. The first kappa shape index (κ1) is 14.5. The number of carboxylic acid groups (broad SMARTS) is 1. The van der Waals surface area contributed by atoms with E-state index in [1.807, 2.05) is 0 Å². The van der Waals surface area contributed by atoms with Crippen LogP contribution in [-0.4, -0.2) is 11.1 Å². The maximum atomic E-state index is 13.4. The van der Waals surface area contributed by atoms with Gasteiger partial charge in [0.25, 0.3) is 0 Å². The van der Waals surface area contributed by atoms with Gasteiger partial charge in [0.15, 0.2) is 0 Å². The van der Waals surface area contributed by atoms with Crippen molar-refractivity contribution in [3.05, 3.63) is 63.6 Å². The molecule has 0 aliphatic carbocycles. The van der Waals surface area contributed by atoms with Crippen LogP contribution in [0.25, 0.3) is 0 Å². The van der Waals surface area contributed by atoms with Crippen molar-refractivity contribution in [1.82, 2.24) is 0 Å². The van der Waals surface area contributed by atoms with Gasteiger partial charge >= 0.3 is 5.97 Å². The van der Waals surface area contributed by atoms with E-state index in [4.69, 9.17) is 9.84 Å². The number of carboxylic acids is 1. The van der Waals surface area contributed by atoms with E-state index in [0.717, 1.165) is 6.07 Å². The summed E-state index contributed by atoms with van der Waals surface area (Å²) in [4.78, 5) is 11.0. The molecule has 2 rings (SSSR count). The van der Waals surface area contributed by atoms with Crippen LogP contribution in [0, 0.1) is 11.6 Å². The van der Waals surface area contributed by atoms with E-state index < -0.39 is 23.2 Å². The van der Waals surface area contributed by atoms with Crippen LogP contribution in [0.2, 0.25) is 0 Å². The summed E-state index contributed by atoms with van der Waals surface area (Å²) in [6, 6.07) is 8.04. The van der Waals surface area contributed by atoms with Crippen LogP contribution < -0.4 is 4.74 Å². The zero-order valence-electron chi connectivity index (χ0n) is 10.1. The van der Waals surface area contributed by atoms with Crippen molar-refractivity contribution >= 4 is 21.9 Å². The lowest BCUT2D eigenvalue weighted by Gasteiger charge is -2.10. The van der Waals surface area contributed by atoms with Gasteiger partial charge in [-0.05, 0) is 45.8 Å². The van der Waals surface area contributed by atoms with Crippen LogP contribution >= 0.6 is 15.9 Å². The second kappa shape index (κ2) is 6.00. The molecule has 0 spiro atoms. The number of benzene rings is 2. The molecule has 0 atom stereocenters. The molecule has 0 amide bonds. The smallest absolute Gasteiger partial charge is 0.342 e. The lowest BCUT2D eigenvalue weighted by Crippen LogP contribution is -2.06. The lowest BCUT2D eigenvalue weighted by molar-refractivity contribution is 0.0686. The number of aromatic carboxylic acids is 1. The highest BCUT2D eigenvalue weighted by atomic mass is 79.9. The van der Waals surface area contributed by atoms with E-state index in [1.165, 1.54) is 30.3 Å². The number of rotatable bonds is 4. The summed E-state index contributed by atoms with van der Waals surface area (Å²) in [7, 11) is 0. The summed E-state index contributed by atoms with van der Waals surface area (Å²) < 4.78 is 32.1. The van der Waals surface area contributed by atoms with Crippen molar-refractivity contribution in [1.29, 1.82) is 0 Å². The molecule has 0 unspecified atom stereocenters. The topological polar surface area (TPSA) is 46.5 Å². The minimum atomic E-state index is -1.40. The Bertz CT molecular complexity index is 659. The maximum Gasteiger partial charge on any atom is 0.342 e. The number of carbonyl (C=O) groups is 1. The second-order valence-electron chi connectivity index (χ2n) is 3.96. The van der Waals surface area contributed by atoms with E-state index in [0.29, 0.717) is 5.56 Å². The number of halogens is 3. The molecule has 2 aromatic carbocycles. The van der Waals surface area contributed by atoms with Crippen LogP contribution in [0.4, 0.5) is 8.78 Å². The average Bonchev–Trinajstić information content (AvgIpc) is 2.39. The van der Waals surface area contributed by atoms with Crippen LogP contribution in [0.15, 0.2) is 40.9 Å². The van der Waals surface area contributed by atoms with E-state index >= 15 is 0 Å². The zero-order chi connectivity index (χ0) is 14.7. The molecular formula is C14H9BrF2O3. The normalized spacial score (nSPS) is 10.3. The first-order valence-corrected chi connectivity index (χ1v) is 6.37. The zero-order valence-corrected chi connectivity index (χ0v) is 11.7. The Balaban J connectivity index is 2.21. The summed E-state index contributed by atoms with van der Waals surface area (Å²) in [6.07, 6.45) is 0. The van der Waals surface area contributed by atoms with Gasteiger partial charge in [-0.3, -0.25) is 0 Å². The van der Waals surface area contributed by atoms with Crippen LogP contribution in [0.5, 0.6) is 5.75 Å². The molecule has 0 saturated carbocycles. The average molecular weight is 343 g/mol. The number of hydrogen-bond acceptors (Lipinski definition) is 2. The number of hydrogen-bond donors (Lipinski definition) is 1. The molecule has 0 radical (unpaired) electrons. The van der Waals surface area contributed by atoms with Crippen molar-refractivity contribution in [2.45, 2.75) is 6.61 Å². The minimum Gasteiger partial charge on any atom is -0.488 e. The lowest BCUT2D eigenvalue weighted by atomic mass is 10.2. The molecule has 2 aromatic rings. The van der Waals surface area contributed by atoms with Crippen molar-refractivity contribution in [3.63, 3.8) is 0 Å². The molecular weight excluding hydrogens is 334 g/mol. The van der Waals surface area contributed by atoms with E-state index in [1.54, 1.807) is 0 Å². The van der Waals surface area contributed by atoms with Crippen molar-refractivity contribution in [2.24, 2.45) is 0 Å². The quantitative estimate of drug-likeness (QED) is 0.913. The summed E-state index contributed by atoms with van der Waals surface area (Å²) in [6.45, 7) is 0.00259. The molecule has 20 heavy (non-hydrogen) atoms. The Morgan fingerprint density at radius 1 is 1.20 bits per heavy atom. The van der Waals surface area contributed by atoms with E-state index in [2.05, 4.69) is 15.9 Å². The van der Waals surface area contributed by atoms with Crippen LogP contribution in [0.3, 0.4) is 0 Å². The van der Waals surface area contributed by atoms with Gasteiger partial charge in [0.1, 0.15) is 29.6 Å². The van der Waals surface area contributed by atoms with Gasteiger partial charge in [0.05, 0.1) is 4.47 Å². The van der Waals surface area contributed by atoms with Gasteiger partial charge in [-0.2, -0.15) is 0 Å². The third kappa shape index (κ3) is 3.14. The molecule has 0 aliphatic heterocycles. The molecule has 1 N–H and O–H groups in total. The summed E-state index contributed by atoms with van der Waals surface area (Å²) in [5, 5.41) is 8.95. The Hall–Kier alpha value is -1.95. The Kier molecular flexibility index (Phi) is 4.34. The molecule has 0 heterocycles. The maximum absolute atomic E-state index is 13.4.